The highest BCUT2D eigenvalue weighted by molar-refractivity contribution is 5.94. The number of rotatable bonds is 8. The number of esters is 1. The summed E-state index contributed by atoms with van der Waals surface area (Å²) in [4.78, 5) is 40.2. The first-order valence-electron chi connectivity index (χ1n) is 12.8. The maximum Gasteiger partial charge on any atom is 0.420 e. The number of benzene rings is 1. The smallest absolute Gasteiger partial charge is 0.420 e. The molecule has 37 heavy (non-hydrogen) atoms. The van der Waals surface area contributed by atoms with Crippen LogP contribution in [0, 0.1) is 5.82 Å². The summed E-state index contributed by atoms with van der Waals surface area (Å²) in [5, 5.41) is 3.44. The third-order valence-electron chi connectivity index (χ3n) is 5.32. The molecule has 2 amide bonds. The zero-order chi connectivity index (χ0) is 28.2. The van der Waals surface area contributed by atoms with Gasteiger partial charge in [0.25, 0.3) is 0 Å². The third-order valence-corrected chi connectivity index (χ3v) is 5.32. The molecule has 1 aliphatic rings. The Morgan fingerprint density at radius 1 is 0.892 bits per heavy atom. The Morgan fingerprint density at radius 3 is 1.84 bits per heavy atom. The molecule has 208 valence electrons. The van der Waals surface area contributed by atoms with Crippen molar-refractivity contribution < 1.29 is 33.0 Å². The monoisotopic (exact) mass is 522 g/mol. The number of ether oxygens (including phenoxy) is 3. The number of nitrogens with one attached hydrogen (secondary N) is 1. The van der Waals surface area contributed by atoms with Gasteiger partial charge in [-0.1, -0.05) is 12.1 Å². The molecule has 0 aliphatic heterocycles. The van der Waals surface area contributed by atoms with Crippen molar-refractivity contribution in [1.82, 2.24) is 10.2 Å². The molecular weight excluding hydrogens is 479 g/mol. The highest BCUT2D eigenvalue weighted by Crippen LogP contribution is 2.40. The number of carbonyl (C=O) groups is 3. The Hall–Kier alpha value is -2.68. The van der Waals surface area contributed by atoms with Crippen molar-refractivity contribution in [3.8, 4) is 0 Å². The summed E-state index contributed by atoms with van der Waals surface area (Å²) >= 11 is 0. The van der Waals surface area contributed by atoms with Gasteiger partial charge >= 0.3 is 18.2 Å². The lowest BCUT2D eigenvalue weighted by molar-refractivity contribution is -0.161. The highest BCUT2D eigenvalue weighted by Gasteiger charge is 2.42. The summed E-state index contributed by atoms with van der Waals surface area (Å²) < 4.78 is 29.7. The summed E-state index contributed by atoms with van der Waals surface area (Å²) in [7, 11) is 0. The quantitative estimate of drug-likeness (QED) is 0.257. The third kappa shape index (κ3) is 10.7. The molecule has 1 saturated carbocycles. The summed E-state index contributed by atoms with van der Waals surface area (Å²) in [6.45, 7) is 15.8. The van der Waals surface area contributed by atoms with Gasteiger partial charge in [-0.2, -0.15) is 4.90 Å². The fourth-order valence-electron chi connectivity index (χ4n) is 3.76. The van der Waals surface area contributed by atoms with Crippen molar-refractivity contribution in [3.05, 3.63) is 35.6 Å². The Bertz CT molecular complexity index is 915. The van der Waals surface area contributed by atoms with Crippen LogP contribution < -0.4 is 5.32 Å². The van der Waals surface area contributed by atoms with E-state index in [1.807, 2.05) is 0 Å². The van der Waals surface area contributed by atoms with Gasteiger partial charge in [0, 0.05) is 12.0 Å². The van der Waals surface area contributed by atoms with Gasteiger partial charge in [0.2, 0.25) is 0 Å². The van der Waals surface area contributed by atoms with E-state index in [4.69, 9.17) is 14.2 Å². The van der Waals surface area contributed by atoms with Gasteiger partial charge in [0.1, 0.15) is 28.7 Å². The van der Waals surface area contributed by atoms with Crippen LogP contribution in [-0.4, -0.2) is 58.5 Å². The molecule has 0 heterocycles. The fraction of sp³-hybridized carbons (Fsp3) is 0.679. The van der Waals surface area contributed by atoms with Gasteiger partial charge in [-0.05, 0) is 106 Å². The molecular formula is C28H43FN2O6. The first-order chi connectivity index (χ1) is 16.9. The van der Waals surface area contributed by atoms with Crippen LogP contribution in [0.25, 0.3) is 0 Å². The molecule has 2 unspecified atom stereocenters. The van der Waals surface area contributed by atoms with Crippen LogP contribution in [0.15, 0.2) is 24.3 Å². The van der Waals surface area contributed by atoms with Crippen LogP contribution in [0.4, 0.5) is 14.0 Å². The first kappa shape index (κ1) is 30.5. The fourth-order valence-corrected chi connectivity index (χ4v) is 3.76. The topological polar surface area (TPSA) is 94.2 Å². The lowest BCUT2D eigenvalue weighted by Gasteiger charge is -2.33. The number of hydrogen-bond acceptors (Lipinski definition) is 7. The molecule has 9 heteroatoms. The average Bonchev–Trinajstić information content (AvgIpc) is 3.46. The van der Waals surface area contributed by atoms with Gasteiger partial charge in [0.05, 0.1) is 0 Å². The van der Waals surface area contributed by atoms with Crippen molar-refractivity contribution in [2.45, 2.75) is 116 Å². The Kier molecular flexibility index (Phi) is 9.74. The molecule has 0 radical (unpaired) electrons. The molecule has 1 aromatic carbocycles. The molecule has 0 bridgehead atoms. The standard InChI is InChI=1S/C28H43FN2O6/c1-26(2,3)35-23(32)22(31(24(33)36-27(4,5)6)25(34)37-28(7,8)9)11-10-16-30-21-17-20(21)18-12-14-19(29)15-13-18/h12-15,20-22,30H,10-11,16-17H2,1-9H3/t20?,21?,22-/m0/s1. The van der Waals surface area contributed by atoms with E-state index in [1.54, 1.807) is 74.4 Å². The predicted molar refractivity (Wildman–Crippen MR) is 139 cm³/mol. The van der Waals surface area contributed by atoms with Crippen molar-refractivity contribution in [3.63, 3.8) is 0 Å². The predicted octanol–water partition coefficient (Wildman–Crippen LogP) is 5.93. The zero-order valence-electron chi connectivity index (χ0n) is 23.6. The average molecular weight is 523 g/mol. The minimum atomic E-state index is -1.22. The first-order valence-corrected chi connectivity index (χ1v) is 12.8. The second-order valence-electron chi connectivity index (χ2n) is 12.5. The van der Waals surface area contributed by atoms with Gasteiger partial charge < -0.3 is 19.5 Å². The minimum Gasteiger partial charge on any atom is -0.458 e. The number of hydrogen-bond donors (Lipinski definition) is 1. The second kappa shape index (κ2) is 11.8. The molecule has 8 nitrogen and oxygen atoms in total. The van der Waals surface area contributed by atoms with E-state index < -0.39 is 41.0 Å². The molecule has 1 aliphatic carbocycles. The maximum atomic E-state index is 13.2. The van der Waals surface area contributed by atoms with E-state index in [0.29, 0.717) is 18.9 Å². The van der Waals surface area contributed by atoms with Gasteiger partial charge in [-0.15, -0.1) is 0 Å². The molecule has 1 fully saturated rings. The van der Waals surface area contributed by atoms with E-state index in [9.17, 15) is 18.8 Å². The molecule has 0 saturated heterocycles. The molecule has 1 N–H and O–H groups in total. The summed E-state index contributed by atoms with van der Waals surface area (Å²) in [5.41, 5.74) is -1.53. The molecule has 2 rings (SSSR count). The van der Waals surface area contributed by atoms with E-state index in [2.05, 4.69) is 5.32 Å². The Labute approximate surface area is 220 Å². The molecule has 0 aromatic heterocycles. The number of carbonyl (C=O) groups excluding carboxylic acids is 3. The van der Waals surface area contributed by atoms with Crippen molar-refractivity contribution in [2.24, 2.45) is 0 Å². The van der Waals surface area contributed by atoms with E-state index in [0.717, 1.165) is 16.9 Å². The second-order valence-corrected chi connectivity index (χ2v) is 12.5. The van der Waals surface area contributed by atoms with Crippen molar-refractivity contribution in [2.75, 3.05) is 6.54 Å². The van der Waals surface area contributed by atoms with E-state index in [1.165, 1.54) is 12.1 Å². The van der Waals surface area contributed by atoms with Crippen LogP contribution in [0.5, 0.6) is 0 Å². The summed E-state index contributed by atoms with van der Waals surface area (Å²) in [5.74, 6) is -0.663. The molecule has 1 aromatic rings. The largest absolute Gasteiger partial charge is 0.458 e. The van der Waals surface area contributed by atoms with Crippen LogP contribution in [-0.2, 0) is 19.0 Å². The van der Waals surface area contributed by atoms with Gasteiger partial charge in [-0.25, -0.2) is 18.8 Å². The van der Waals surface area contributed by atoms with Gasteiger partial charge in [-0.3, -0.25) is 0 Å². The SMILES string of the molecule is CC(C)(C)OC(=O)[C@H](CCCNC1CC1c1ccc(F)cc1)N(C(=O)OC(C)(C)C)C(=O)OC(C)(C)C. The number of imide groups is 1. The lowest BCUT2D eigenvalue weighted by Crippen LogP contribution is -2.53. The van der Waals surface area contributed by atoms with Crippen molar-refractivity contribution in [1.29, 1.82) is 0 Å². The van der Waals surface area contributed by atoms with Crippen molar-refractivity contribution >= 4 is 18.2 Å². The Balaban J connectivity index is 2.14. The maximum absolute atomic E-state index is 13.2. The zero-order valence-corrected chi connectivity index (χ0v) is 23.6. The van der Waals surface area contributed by atoms with E-state index in [-0.39, 0.29) is 18.3 Å². The number of halogens is 1. The number of amides is 2. The van der Waals surface area contributed by atoms with Crippen LogP contribution >= 0.6 is 0 Å². The van der Waals surface area contributed by atoms with Crippen LogP contribution in [0.1, 0.15) is 93.1 Å². The molecule has 0 spiro atoms. The minimum absolute atomic E-state index is 0.161. The lowest BCUT2D eigenvalue weighted by atomic mass is 10.1. The van der Waals surface area contributed by atoms with E-state index >= 15 is 0 Å². The number of nitrogens with zero attached hydrogens (tertiary/aromatic N) is 1. The highest BCUT2D eigenvalue weighted by atomic mass is 19.1. The Morgan fingerprint density at radius 2 is 1.38 bits per heavy atom. The van der Waals surface area contributed by atoms with Crippen LogP contribution in [0.2, 0.25) is 0 Å². The van der Waals surface area contributed by atoms with Gasteiger partial charge in [0.15, 0.2) is 0 Å². The molecule has 3 atom stereocenters. The summed E-state index contributed by atoms with van der Waals surface area (Å²) in [6.07, 6.45) is -0.357. The van der Waals surface area contributed by atoms with Crippen LogP contribution in [0.3, 0.4) is 0 Å². The summed E-state index contributed by atoms with van der Waals surface area (Å²) in [6, 6.07) is 5.52. The normalized spacial score (nSPS) is 18.5.